The molecule has 1 N–H and O–H groups in total. The molecule has 0 aliphatic carbocycles. The first-order valence-electron chi connectivity index (χ1n) is 8.64. The summed E-state index contributed by atoms with van der Waals surface area (Å²) in [5.74, 6) is -0.788. The van der Waals surface area contributed by atoms with Crippen LogP contribution in [0.15, 0.2) is 62.6 Å². The lowest BCUT2D eigenvalue weighted by Gasteiger charge is -2.14. The van der Waals surface area contributed by atoms with Crippen molar-refractivity contribution >= 4 is 38.6 Å². The van der Waals surface area contributed by atoms with E-state index in [-0.39, 0.29) is 11.5 Å². The van der Waals surface area contributed by atoms with Gasteiger partial charge < -0.3 is 9.15 Å². The Labute approximate surface area is 172 Å². The monoisotopic (exact) mass is 435 g/mol. The first-order chi connectivity index (χ1) is 13.7. The average Bonchev–Trinajstić information content (AvgIpc) is 2.67. The lowest BCUT2D eigenvalue weighted by atomic mass is 10.1. The van der Waals surface area contributed by atoms with Gasteiger partial charge >= 0.3 is 11.6 Å². The molecule has 1 aromatic heterocycles. The van der Waals surface area contributed by atoms with Crippen molar-refractivity contribution in [3.63, 3.8) is 0 Å². The van der Waals surface area contributed by atoms with Gasteiger partial charge in [-0.3, -0.25) is 4.79 Å². The van der Waals surface area contributed by atoms with Crippen LogP contribution in [0.1, 0.15) is 18.1 Å². The third-order valence-corrected chi connectivity index (χ3v) is 6.18. The summed E-state index contributed by atoms with van der Waals surface area (Å²) in [4.78, 5) is 24.1. The number of carbonyl (C=O) groups excluding carboxylic acids is 1. The molecule has 2 aromatic carbocycles. The lowest BCUT2D eigenvalue weighted by Crippen LogP contribution is -2.39. The summed E-state index contributed by atoms with van der Waals surface area (Å²) in [6.45, 7) is 2.91. The van der Waals surface area contributed by atoms with E-state index in [1.165, 1.54) is 25.1 Å². The molecule has 0 fully saturated rings. The first kappa shape index (κ1) is 21.0. The minimum atomic E-state index is -3.87. The Morgan fingerprint density at radius 1 is 1.21 bits per heavy atom. The van der Waals surface area contributed by atoms with Gasteiger partial charge in [0.15, 0.2) is 0 Å². The molecule has 0 aliphatic rings. The SMILES string of the molecule is Cc1cc2oc(=O)cc(COC(=O)C(C)NS(=O)(=O)c3ccccc3)c2cc1Cl. The van der Waals surface area contributed by atoms with Crippen molar-refractivity contribution in [2.24, 2.45) is 0 Å². The Morgan fingerprint density at radius 2 is 1.90 bits per heavy atom. The van der Waals surface area contributed by atoms with E-state index in [1.807, 2.05) is 0 Å². The molecule has 0 bridgehead atoms. The van der Waals surface area contributed by atoms with Crippen LogP contribution in [-0.4, -0.2) is 20.4 Å². The molecule has 1 heterocycles. The molecule has 0 saturated carbocycles. The Kier molecular flexibility index (Phi) is 6.07. The molecule has 0 amide bonds. The van der Waals surface area contributed by atoms with Crippen LogP contribution in [0.5, 0.6) is 0 Å². The van der Waals surface area contributed by atoms with Crippen LogP contribution >= 0.6 is 11.6 Å². The Hall–Kier alpha value is -2.68. The molecule has 0 spiro atoms. The summed E-state index contributed by atoms with van der Waals surface area (Å²) in [5, 5.41) is 1.01. The topological polar surface area (TPSA) is 103 Å². The van der Waals surface area contributed by atoms with E-state index in [9.17, 15) is 18.0 Å². The van der Waals surface area contributed by atoms with Crippen molar-refractivity contribution < 1.29 is 22.4 Å². The second-order valence-corrected chi connectivity index (χ2v) is 8.57. The number of benzene rings is 2. The van der Waals surface area contributed by atoms with Crippen molar-refractivity contribution in [3.8, 4) is 0 Å². The number of halogens is 1. The van der Waals surface area contributed by atoms with E-state index in [0.717, 1.165) is 5.56 Å². The number of hydrogen-bond acceptors (Lipinski definition) is 6. The second-order valence-electron chi connectivity index (χ2n) is 6.45. The number of hydrogen-bond donors (Lipinski definition) is 1. The molecule has 152 valence electrons. The molecular weight excluding hydrogens is 418 g/mol. The van der Waals surface area contributed by atoms with Crippen LogP contribution in [0, 0.1) is 6.92 Å². The predicted molar refractivity (Wildman–Crippen MR) is 108 cm³/mol. The Balaban J connectivity index is 1.75. The highest BCUT2D eigenvalue weighted by Crippen LogP contribution is 2.25. The van der Waals surface area contributed by atoms with E-state index in [1.54, 1.807) is 37.3 Å². The van der Waals surface area contributed by atoms with Gasteiger partial charge in [-0.2, -0.15) is 4.72 Å². The fraction of sp³-hybridized carbons (Fsp3) is 0.200. The fourth-order valence-electron chi connectivity index (χ4n) is 2.69. The molecule has 1 unspecified atom stereocenters. The van der Waals surface area contributed by atoms with Crippen LogP contribution in [0.25, 0.3) is 11.0 Å². The van der Waals surface area contributed by atoms with Gasteiger partial charge in [-0.05, 0) is 43.7 Å². The lowest BCUT2D eigenvalue weighted by molar-refractivity contribution is -0.146. The number of carbonyl (C=O) groups is 1. The van der Waals surface area contributed by atoms with Gasteiger partial charge in [-0.1, -0.05) is 29.8 Å². The minimum absolute atomic E-state index is 0.0383. The number of rotatable bonds is 6. The largest absolute Gasteiger partial charge is 0.460 e. The van der Waals surface area contributed by atoms with Gasteiger partial charge in [0.25, 0.3) is 0 Å². The second kappa shape index (κ2) is 8.36. The number of ether oxygens (including phenoxy) is 1. The van der Waals surface area contributed by atoms with Crippen molar-refractivity contribution in [1.29, 1.82) is 0 Å². The molecule has 3 rings (SSSR count). The van der Waals surface area contributed by atoms with Gasteiger partial charge in [-0.25, -0.2) is 13.2 Å². The van der Waals surface area contributed by atoms with E-state index in [0.29, 0.717) is 21.6 Å². The summed E-state index contributed by atoms with van der Waals surface area (Å²) >= 11 is 6.14. The highest BCUT2D eigenvalue weighted by molar-refractivity contribution is 7.89. The Morgan fingerprint density at radius 3 is 2.59 bits per heavy atom. The van der Waals surface area contributed by atoms with Gasteiger partial charge in [0.1, 0.15) is 18.2 Å². The highest BCUT2D eigenvalue weighted by Gasteiger charge is 2.23. The highest BCUT2D eigenvalue weighted by atomic mass is 35.5. The van der Waals surface area contributed by atoms with E-state index < -0.39 is 27.7 Å². The van der Waals surface area contributed by atoms with Crippen LogP contribution in [0.3, 0.4) is 0 Å². The van der Waals surface area contributed by atoms with E-state index >= 15 is 0 Å². The molecule has 7 nitrogen and oxygen atoms in total. The minimum Gasteiger partial charge on any atom is -0.460 e. The third kappa shape index (κ3) is 4.84. The van der Waals surface area contributed by atoms with Crippen LogP contribution < -0.4 is 10.3 Å². The molecule has 9 heteroatoms. The van der Waals surface area contributed by atoms with Crippen molar-refractivity contribution in [1.82, 2.24) is 4.72 Å². The van der Waals surface area contributed by atoms with Crippen LogP contribution in [0.4, 0.5) is 0 Å². The van der Waals surface area contributed by atoms with Crippen molar-refractivity contribution in [2.75, 3.05) is 0 Å². The quantitative estimate of drug-likeness (QED) is 0.471. The summed E-state index contributed by atoms with van der Waals surface area (Å²) in [6.07, 6.45) is 0. The average molecular weight is 436 g/mol. The molecule has 0 aliphatic heterocycles. The fourth-order valence-corrected chi connectivity index (χ4v) is 4.07. The number of nitrogens with one attached hydrogen (secondary N) is 1. The number of esters is 1. The van der Waals surface area contributed by atoms with E-state index in [2.05, 4.69) is 4.72 Å². The smallest absolute Gasteiger partial charge is 0.336 e. The maximum atomic E-state index is 12.3. The number of fused-ring (bicyclic) bond motifs is 1. The molecule has 3 aromatic rings. The van der Waals surface area contributed by atoms with Crippen molar-refractivity contribution in [2.45, 2.75) is 31.4 Å². The summed E-state index contributed by atoms with van der Waals surface area (Å²) in [7, 11) is -3.87. The Bertz CT molecular complexity index is 1220. The number of sulfonamides is 1. The normalized spacial score (nSPS) is 12.7. The maximum Gasteiger partial charge on any atom is 0.336 e. The molecule has 0 radical (unpaired) electrons. The van der Waals surface area contributed by atoms with Crippen molar-refractivity contribution in [3.05, 3.63) is 75.1 Å². The predicted octanol–water partition coefficient (Wildman–Crippen LogP) is 3.17. The van der Waals surface area contributed by atoms with Crippen LogP contribution in [0.2, 0.25) is 5.02 Å². The summed E-state index contributed by atoms with van der Waals surface area (Å²) < 4.78 is 37.3. The number of aryl methyl sites for hydroxylation is 1. The van der Waals surface area contributed by atoms with Gasteiger partial charge in [0, 0.05) is 22.0 Å². The first-order valence-corrected chi connectivity index (χ1v) is 10.5. The third-order valence-electron chi connectivity index (χ3n) is 4.22. The molecule has 0 saturated heterocycles. The van der Waals surface area contributed by atoms with E-state index in [4.69, 9.17) is 20.8 Å². The zero-order valence-corrected chi connectivity index (χ0v) is 17.2. The van der Waals surface area contributed by atoms with Gasteiger partial charge in [0.2, 0.25) is 10.0 Å². The zero-order valence-electron chi connectivity index (χ0n) is 15.6. The molecule has 1 atom stereocenters. The molecule has 29 heavy (non-hydrogen) atoms. The zero-order chi connectivity index (χ0) is 21.2. The van der Waals surface area contributed by atoms with Crippen LogP contribution in [-0.2, 0) is 26.2 Å². The maximum absolute atomic E-state index is 12.3. The summed E-state index contributed by atoms with van der Waals surface area (Å²) in [6, 6.07) is 11.0. The summed E-state index contributed by atoms with van der Waals surface area (Å²) in [5.41, 5.74) is 0.872. The van der Waals surface area contributed by atoms with Gasteiger partial charge in [0.05, 0.1) is 4.90 Å². The van der Waals surface area contributed by atoms with Gasteiger partial charge in [-0.15, -0.1) is 0 Å². The molecular formula is C20H18ClNO6S. The standard InChI is InChI=1S/C20H18ClNO6S/c1-12-8-18-16(10-17(12)21)14(9-19(23)28-18)11-27-20(24)13(2)22-29(25,26)15-6-4-3-5-7-15/h3-10,13,22H,11H2,1-2H3.